The number of carbonyl (C=O) groups excluding carboxylic acids is 1. The highest BCUT2D eigenvalue weighted by Gasteiger charge is 2.28. The van der Waals surface area contributed by atoms with Gasteiger partial charge in [-0.3, -0.25) is 9.69 Å². The first-order chi connectivity index (χ1) is 12.5. The van der Waals surface area contributed by atoms with Crippen LogP contribution in [0.4, 0.5) is 10.2 Å². The Morgan fingerprint density at radius 3 is 2.77 bits per heavy atom. The second-order valence-corrected chi connectivity index (χ2v) is 6.71. The van der Waals surface area contributed by atoms with E-state index in [1.807, 2.05) is 31.1 Å². The van der Waals surface area contributed by atoms with E-state index in [4.69, 9.17) is 0 Å². The highest BCUT2D eigenvalue weighted by Crippen LogP contribution is 2.30. The van der Waals surface area contributed by atoms with Gasteiger partial charge in [0.1, 0.15) is 5.82 Å². The third-order valence-corrected chi connectivity index (χ3v) is 4.61. The van der Waals surface area contributed by atoms with Gasteiger partial charge in [0.25, 0.3) is 0 Å². The quantitative estimate of drug-likeness (QED) is 0.858. The van der Waals surface area contributed by atoms with Crippen LogP contribution in [0.15, 0.2) is 36.4 Å². The smallest absolute Gasteiger partial charge is 0.234 e. The summed E-state index contributed by atoms with van der Waals surface area (Å²) in [6, 6.07) is 10.5. The average molecular weight is 357 g/mol. The highest BCUT2D eigenvalue weighted by molar-refractivity contribution is 5.78. The largest absolute Gasteiger partial charge is 0.361 e. The Hall–Kier alpha value is -2.54. The molecule has 0 aliphatic carbocycles. The third kappa shape index (κ3) is 4.35. The van der Waals surface area contributed by atoms with Crippen LogP contribution < -0.4 is 10.2 Å². The van der Waals surface area contributed by atoms with Crippen LogP contribution in [0, 0.1) is 5.82 Å². The normalized spacial score (nSPS) is 17.3. The van der Waals surface area contributed by atoms with Crippen LogP contribution in [0.1, 0.15) is 30.1 Å². The molecule has 26 heavy (non-hydrogen) atoms. The maximum absolute atomic E-state index is 13.6. The summed E-state index contributed by atoms with van der Waals surface area (Å²) in [7, 11) is 3.84. The summed E-state index contributed by atoms with van der Waals surface area (Å²) >= 11 is 0. The zero-order valence-corrected chi connectivity index (χ0v) is 15.2. The van der Waals surface area contributed by atoms with E-state index in [9.17, 15) is 9.18 Å². The molecule has 1 unspecified atom stereocenters. The summed E-state index contributed by atoms with van der Waals surface area (Å²) in [6.45, 7) is 1.31. The minimum Gasteiger partial charge on any atom is -0.361 e. The van der Waals surface area contributed by atoms with Crippen LogP contribution in [0.3, 0.4) is 0 Å². The highest BCUT2D eigenvalue weighted by atomic mass is 19.1. The van der Waals surface area contributed by atoms with Crippen molar-refractivity contribution in [2.75, 3.05) is 32.1 Å². The molecule has 0 spiro atoms. The van der Waals surface area contributed by atoms with E-state index in [1.54, 1.807) is 18.2 Å². The molecule has 1 fully saturated rings. The lowest BCUT2D eigenvalue weighted by Crippen LogP contribution is -2.37. The van der Waals surface area contributed by atoms with Crippen LogP contribution in [0.25, 0.3) is 0 Å². The van der Waals surface area contributed by atoms with Crippen molar-refractivity contribution in [1.29, 1.82) is 0 Å². The lowest BCUT2D eigenvalue weighted by atomic mass is 10.1. The monoisotopic (exact) mass is 357 g/mol. The molecule has 0 radical (unpaired) electrons. The number of anilines is 1. The Labute approximate surface area is 153 Å². The molecular formula is C19H24FN5O. The van der Waals surface area contributed by atoms with Crippen LogP contribution in [-0.2, 0) is 11.3 Å². The summed E-state index contributed by atoms with van der Waals surface area (Å²) in [5.41, 5.74) is 1.37. The Kier molecular flexibility index (Phi) is 5.78. The molecule has 1 aliphatic rings. The second-order valence-electron chi connectivity index (χ2n) is 6.71. The van der Waals surface area contributed by atoms with Crippen molar-refractivity contribution >= 4 is 11.7 Å². The number of halogens is 1. The van der Waals surface area contributed by atoms with Crippen molar-refractivity contribution in [3.8, 4) is 0 Å². The molecule has 1 aromatic carbocycles. The average Bonchev–Trinajstić information content (AvgIpc) is 3.09. The zero-order valence-electron chi connectivity index (χ0n) is 15.2. The molecular weight excluding hydrogens is 333 g/mol. The van der Waals surface area contributed by atoms with Gasteiger partial charge < -0.3 is 10.2 Å². The molecule has 6 nitrogen and oxygen atoms in total. The van der Waals surface area contributed by atoms with Gasteiger partial charge in [0.05, 0.1) is 18.3 Å². The van der Waals surface area contributed by atoms with Crippen molar-refractivity contribution in [3.05, 3.63) is 53.5 Å². The minimum absolute atomic E-state index is 0.0953. The predicted molar refractivity (Wildman–Crippen MR) is 98.2 cm³/mol. The molecule has 1 saturated heterocycles. The van der Waals surface area contributed by atoms with Gasteiger partial charge in [-0.15, -0.1) is 5.10 Å². The van der Waals surface area contributed by atoms with Gasteiger partial charge in [-0.25, -0.2) is 4.39 Å². The number of aromatic nitrogens is 2. The van der Waals surface area contributed by atoms with Gasteiger partial charge in [0.15, 0.2) is 5.82 Å². The first kappa shape index (κ1) is 18.3. The molecule has 1 aliphatic heterocycles. The molecule has 1 N–H and O–H groups in total. The molecule has 0 saturated carbocycles. The molecule has 2 heterocycles. The number of nitrogens with zero attached hydrogens (tertiary/aromatic N) is 4. The summed E-state index contributed by atoms with van der Waals surface area (Å²) in [4.78, 5) is 16.3. The standard InChI is InChI=1S/C19H24FN5O/c1-24(2)18-10-9-16(22-23-18)17-8-5-11-25(17)13-19(26)21-12-14-6-3-4-7-15(14)20/h3-4,6-7,9-10,17H,5,8,11-13H2,1-2H3,(H,21,26). The number of hydrogen-bond acceptors (Lipinski definition) is 5. The Bertz CT molecular complexity index is 750. The predicted octanol–water partition coefficient (Wildman–Crippen LogP) is 2.13. The SMILES string of the molecule is CN(C)c1ccc(C2CCCN2CC(=O)NCc2ccccc2F)nn1. The van der Waals surface area contributed by atoms with Crippen LogP contribution in [-0.4, -0.2) is 48.2 Å². The van der Waals surface area contributed by atoms with E-state index in [1.165, 1.54) is 6.07 Å². The van der Waals surface area contributed by atoms with Crippen molar-refractivity contribution < 1.29 is 9.18 Å². The van der Waals surface area contributed by atoms with E-state index in [-0.39, 0.29) is 30.9 Å². The summed E-state index contributed by atoms with van der Waals surface area (Å²) in [5, 5.41) is 11.4. The lowest BCUT2D eigenvalue weighted by Gasteiger charge is -2.23. The Balaban J connectivity index is 1.58. The Morgan fingerprint density at radius 1 is 1.27 bits per heavy atom. The molecule has 7 heteroatoms. The van der Waals surface area contributed by atoms with Gasteiger partial charge in [-0.1, -0.05) is 18.2 Å². The van der Waals surface area contributed by atoms with Gasteiger partial charge in [-0.05, 0) is 37.6 Å². The molecule has 1 amide bonds. The second kappa shape index (κ2) is 8.23. The maximum Gasteiger partial charge on any atom is 0.234 e. The van der Waals surface area contributed by atoms with Crippen molar-refractivity contribution in [2.24, 2.45) is 0 Å². The summed E-state index contributed by atoms with van der Waals surface area (Å²) in [5.74, 6) is 0.391. The number of rotatable bonds is 6. The number of nitrogens with one attached hydrogen (secondary N) is 1. The van der Waals surface area contributed by atoms with E-state index in [0.717, 1.165) is 30.9 Å². The maximum atomic E-state index is 13.6. The lowest BCUT2D eigenvalue weighted by molar-refractivity contribution is -0.122. The number of carbonyl (C=O) groups is 1. The topological polar surface area (TPSA) is 61.4 Å². The van der Waals surface area contributed by atoms with Gasteiger partial charge in [0.2, 0.25) is 5.91 Å². The van der Waals surface area contributed by atoms with Crippen molar-refractivity contribution in [1.82, 2.24) is 20.4 Å². The first-order valence-electron chi connectivity index (χ1n) is 8.79. The van der Waals surface area contributed by atoms with E-state index in [0.29, 0.717) is 5.56 Å². The Morgan fingerprint density at radius 2 is 2.08 bits per heavy atom. The first-order valence-corrected chi connectivity index (χ1v) is 8.79. The number of hydrogen-bond donors (Lipinski definition) is 1. The van der Waals surface area contributed by atoms with E-state index >= 15 is 0 Å². The number of amides is 1. The molecule has 1 atom stereocenters. The van der Waals surface area contributed by atoms with E-state index < -0.39 is 0 Å². The summed E-state index contributed by atoms with van der Waals surface area (Å²) in [6.07, 6.45) is 1.97. The fourth-order valence-electron chi connectivity index (χ4n) is 3.18. The van der Waals surface area contributed by atoms with Gasteiger partial charge in [-0.2, -0.15) is 5.10 Å². The molecule has 0 bridgehead atoms. The van der Waals surface area contributed by atoms with Crippen LogP contribution in [0.5, 0.6) is 0 Å². The van der Waals surface area contributed by atoms with Gasteiger partial charge >= 0.3 is 0 Å². The number of benzene rings is 1. The van der Waals surface area contributed by atoms with Crippen molar-refractivity contribution in [3.63, 3.8) is 0 Å². The molecule has 2 aromatic rings. The van der Waals surface area contributed by atoms with Crippen LogP contribution >= 0.6 is 0 Å². The summed E-state index contributed by atoms with van der Waals surface area (Å²) < 4.78 is 13.6. The van der Waals surface area contributed by atoms with E-state index in [2.05, 4.69) is 20.4 Å². The molecule has 1 aromatic heterocycles. The zero-order chi connectivity index (χ0) is 18.5. The van der Waals surface area contributed by atoms with Gasteiger partial charge in [0, 0.05) is 26.2 Å². The molecule has 138 valence electrons. The number of likely N-dealkylation sites (tertiary alicyclic amines) is 1. The fraction of sp³-hybridized carbons (Fsp3) is 0.421. The molecule has 3 rings (SSSR count). The fourth-order valence-corrected chi connectivity index (χ4v) is 3.18. The van der Waals surface area contributed by atoms with Crippen molar-refractivity contribution in [2.45, 2.75) is 25.4 Å². The minimum atomic E-state index is -0.303. The third-order valence-electron chi connectivity index (χ3n) is 4.61. The van der Waals surface area contributed by atoms with Crippen LogP contribution in [0.2, 0.25) is 0 Å².